The van der Waals surface area contributed by atoms with E-state index in [4.69, 9.17) is 4.52 Å². The summed E-state index contributed by atoms with van der Waals surface area (Å²) in [6, 6.07) is 13.5. The van der Waals surface area contributed by atoms with Crippen molar-refractivity contribution in [3.05, 3.63) is 59.4 Å². The van der Waals surface area contributed by atoms with E-state index >= 15 is 0 Å². The van der Waals surface area contributed by atoms with E-state index in [2.05, 4.69) is 27.6 Å². The van der Waals surface area contributed by atoms with Crippen molar-refractivity contribution in [3.8, 4) is 11.5 Å². The number of benzene rings is 2. The lowest BCUT2D eigenvalue weighted by Gasteiger charge is -2.21. The number of hydrogen-bond acceptors (Lipinski definition) is 5. The molecule has 1 N–H and O–H groups in total. The van der Waals surface area contributed by atoms with Crippen LogP contribution in [0.5, 0.6) is 0 Å². The highest BCUT2D eigenvalue weighted by Gasteiger charge is 2.15. The van der Waals surface area contributed by atoms with E-state index in [0.717, 1.165) is 22.1 Å². The molecule has 5 nitrogen and oxygen atoms in total. The minimum Gasteiger partial charge on any atom is -0.334 e. The minimum atomic E-state index is -0.131. The average Bonchev–Trinajstić information content (AvgIpc) is 3.17. The van der Waals surface area contributed by atoms with Gasteiger partial charge in [-0.3, -0.25) is 4.79 Å². The molecule has 1 amide bonds. The van der Waals surface area contributed by atoms with Gasteiger partial charge in [0.05, 0.1) is 0 Å². The number of hydrogen-bond donors (Lipinski definition) is 1. The van der Waals surface area contributed by atoms with Gasteiger partial charge in [0.2, 0.25) is 0 Å². The van der Waals surface area contributed by atoms with E-state index in [1.165, 1.54) is 37.0 Å². The van der Waals surface area contributed by atoms with Crippen molar-refractivity contribution < 1.29 is 9.32 Å². The Labute approximate surface area is 175 Å². The molecule has 1 fully saturated rings. The van der Waals surface area contributed by atoms with Crippen LogP contribution in [0.1, 0.15) is 53.8 Å². The normalized spacial score (nSPS) is 14.7. The first kappa shape index (κ1) is 19.7. The highest BCUT2D eigenvalue weighted by Crippen LogP contribution is 2.35. The summed E-state index contributed by atoms with van der Waals surface area (Å²) in [6.45, 7) is 3.82. The second-order valence-electron chi connectivity index (χ2n) is 7.53. The third-order valence-corrected chi connectivity index (χ3v) is 6.55. The number of nitrogens with zero attached hydrogens (tertiary/aromatic N) is 2. The molecule has 0 bridgehead atoms. The molecule has 2 aromatic carbocycles. The summed E-state index contributed by atoms with van der Waals surface area (Å²) in [5, 5.41) is 7.54. The van der Waals surface area contributed by atoms with Crippen molar-refractivity contribution in [2.75, 3.05) is 5.32 Å². The SMILES string of the molecule is Cc1noc(-c2ccc(C(=O)Nc3ccc(SC4CCCCC4)cc3C)cc2)n1. The van der Waals surface area contributed by atoms with E-state index in [1.807, 2.05) is 36.9 Å². The van der Waals surface area contributed by atoms with Crippen molar-refractivity contribution in [1.82, 2.24) is 10.1 Å². The zero-order valence-corrected chi connectivity index (χ0v) is 17.6. The molecule has 0 aliphatic heterocycles. The topological polar surface area (TPSA) is 68.0 Å². The van der Waals surface area contributed by atoms with E-state index in [0.29, 0.717) is 17.3 Å². The van der Waals surface area contributed by atoms with Crippen molar-refractivity contribution in [2.24, 2.45) is 0 Å². The standard InChI is InChI=1S/C23H25N3O2S/c1-15-14-20(29-19-6-4-3-5-7-19)12-13-21(15)25-22(27)17-8-10-18(11-9-17)23-24-16(2)26-28-23/h8-14,19H,3-7H2,1-2H3,(H,25,27). The van der Waals surface area contributed by atoms with Crippen LogP contribution in [-0.2, 0) is 0 Å². The van der Waals surface area contributed by atoms with Crippen LogP contribution in [0.15, 0.2) is 51.9 Å². The Kier molecular flexibility index (Phi) is 6.00. The maximum absolute atomic E-state index is 12.7. The Morgan fingerprint density at radius 1 is 1.07 bits per heavy atom. The van der Waals surface area contributed by atoms with Gasteiger partial charge in [0.1, 0.15) is 0 Å². The summed E-state index contributed by atoms with van der Waals surface area (Å²) in [6.07, 6.45) is 6.67. The first-order chi connectivity index (χ1) is 14.1. The average molecular weight is 408 g/mol. The van der Waals surface area contributed by atoms with Crippen LogP contribution in [0.4, 0.5) is 5.69 Å². The fourth-order valence-corrected chi connectivity index (χ4v) is 4.94. The molecule has 6 heteroatoms. The second-order valence-corrected chi connectivity index (χ2v) is 8.91. The summed E-state index contributed by atoms with van der Waals surface area (Å²) in [4.78, 5) is 18.1. The van der Waals surface area contributed by atoms with Gasteiger partial charge in [-0.15, -0.1) is 11.8 Å². The van der Waals surface area contributed by atoms with Crippen LogP contribution < -0.4 is 5.32 Å². The largest absolute Gasteiger partial charge is 0.334 e. The molecule has 0 spiro atoms. The Hall–Kier alpha value is -2.60. The van der Waals surface area contributed by atoms with Crippen molar-refractivity contribution in [3.63, 3.8) is 0 Å². The summed E-state index contributed by atoms with van der Waals surface area (Å²) in [5.74, 6) is 0.910. The van der Waals surface area contributed by atoms with Crippen LogP contribution in [0.25, 0.3) is 11.5 Å². The Bertz CT molecular complexity index is 992. The fraction of sp³-hybridized carbons (Fsp3) is 0.348. The molecular formula is C23H25N3O2S. The fourth-order valence-electron chi connectivity index (χ4n) is 3.60. The first-order valence-corrected chi connectivity index (χ1v) is 11.0. The quantitative estimate of drug-likeness (QED) is 0.559. The van der Waals surface area contributed by atoms with Gasteiger partial charge in [-0.05, 0) is 74.7 Å². The van der Waals surface area contributed by atoms with Gasteiger partial charge in [-0.25, -0.2) is 0 Å². The molecule has 29 heavy (non-hydrogen) atoms. The zero-order valence-electron chi connectivity index (χ0n) is 16.8. The smallest absolute Gasteiger partial charge is 0.257 e. The van der Waals surface area contributed by atoms with Crippen LogP contribution in [-0.4, -0.2) is 21.3 Å². The van der Waals surface area contributed by atoms with Gasteiger partial charge >= 0.3 is 0 Å². The monoisotopic (exact) mass is 407 g/mol. The van der Waals surface area contributed by atoms with Gasteiger partial charge in [-0.1, -0.05) is 24.4 Å². The summed E-state index contributed by atoms with van der Waals surface area (Å²) < 4.78 is 5.16. The number of carbonyl (C=O) groups is 1. The number of aryl methyl sites for hydroxylation is 2. The summed E-state index contributed by atoms with van der Waals surface area (Å²) in [7, 11) is 0. The molecule has 0 saturated heterocycles. The number of thioether (sulfide) groups is 1. The molecule has 1 aliphatic rings. The van der Waals surface area contributed by atoms with E-state index in [-0.39, 0.29) is 5.91 Å². The van der Waals surface area contributed by atoms with E-state index in [9.17, 15) is 4.79 Å². The Balaban J connectivity index is 1.41. The van der Waals surface area contributed by atoms with Crippen LogP contribution in [0.2, 0.25) is 0 Å². The lowest BCUT2D eigenvalue weighted by atomic mass is 10.0. The van der Waals surface area contributed by atoms with Gasteiger partial charge in [0, 0.05) is 27.0 Å². The molecule has 3 aromatic rings. The Morgan fingerprint density at radius 3 is 2.48 bits per heavy atom. The van der Waals surface area contributed by atoms with Crippen molar-refractivity contribution >= 4 is 23.4 Å². The number of aromatic nitrogens is 2. The maximum Gasteiger partial charge on any atom is 0.257 e. The van der Waals surface area contributed by atoms with Crippen molar-refractivity contribution in [2.45, 2.75) is 56.1 Å². The van der Waals surface area contributed by atoms with Gasteiger partial charge in [-0.2, -0.15) is 4.98 Å². The lowest BCUT2D eigenvalue weighted by molar-refractivity contribution is 0.102. The summed E-state index contributed by atoms with van der Waals surface area (Å²) >= 11 is 1.97. The van der Waals surface area contributed by atoms with E-state index in [1.54, 1.807) is 19.1 Å². The second kappa shape index (κ2) is 8.82. The number of nitrogens with one attached hydrogen (secondary N) is 1. The van der Waals surface area contributed by atoms with Crippen molar-refractivity contribution in [1.29, 1.82) is 0 Å². The van der Waals surface area contributed by atoms with Gasteiger partial charge < -0.3 is 9.84 Å². The number of rotatable bonds is 5. The molecule has 1 aliphatic carbocycles. The third kappa shape index (κ3) is 4.88. The predicted molar refractivity (Wildman–Crippen MR) is 116 cm³/mol. The molecule has 1 saturated carbocycles. The summed E-state index contributed by atoms with van der Waals surface area (Å²) in [5.41, 5.74) is 3.31. The molecule has 4 rings (SSSR count). The predicted octanol–water partition coefficient (Wildman–Crippen LogP) is 6.03. The zero-order chi connectivity index (χ0) is 20.2. The molecule has 1 aromatic heterocycles. The first-order valence-electron chi connectivity index (χ1n) is 10.1. The van der Waals surface area contributed by atoms with Crippen LogP contribution in [0.3, 0.4) is 0 Å². The number of amides is 1. The number of anilines is 1. The molecule has 0 atom stereocenters. The molecule has 0 radical (unpaired) electrons. The molecular weight excluding hydrogens is 382 g/mol. The van der Waals surface area contributed by atoms with Crippen LogP contribution >= 0.6 is 11.8 Å². The lowest BCUT2D eigenvalue weighted by Crippen LogP contribution is -2.12. The maximum atomic E-state index is 12.7. The highest BCUT2D eigenvalue weighted by molar-refractivity contribution is 8.00. The molecule has 1 heterocycles. The minimum absolute atomic E-state index is 0.131. The molecule has 150 valence electrons. The number of carbonyl (C=O) groups excluding carboxylic acids is 1. The highest BCUT2D eigenvalue weighted by atomic mass is 32.2. The van der Waals surface area contributed by atoms with E-state index < -0.39 is 0 Å². The van der Waals surface area contributed by atoms with Gasteiger partial charge in [0.15, 0.2) is 5.82 Å². The third-order valence-electron chi connectivity index (χ3n) is 5.22. The molecule has 0 unspecified atom stereocenters. The Morgan fingerprint density at radius 2 is 1.83 bits per heavy atom. The van der Waals surface area contributed by atoms with Gasteiger partial charge in [0.25, 0.3) is 11.8 Å². The van der Waals surface area contributed by atoms with Crippen LogP contribution in [0, 0.1) is 13.8 Å².